The van der Waals surface area contributed by atoms with Crippen molar-refractivity contribution in [2.45, 2.75) is 25.8 Å². The molecular weight excluding hydrogens is 212 g/mol. The van der Waals surface area contributed by atoms with E-state index >= 15 is 0 Å². The Kier molecular flexibility index (Phi) is 2.59. The van der Waals surface area contributed by atoms with E-state index in [0.717, 1.165) is 24.3 Å². The van der Waals surface area contributed by atoms with Gasteiger partial charge in [-0.25, -0.2) is 4.98 Å². The predicted molar refractivity (Wildman–Crippen MR) is 68.0 cm³/mol. The van der Waals surface area contributed by atoms with Crippen molar-refractivity contribution in [2.75, 3.05) is 20.1 Å². The van der Waals surface area contributed by atoms with Crippen LogP contribution in [0.2, 0.25) is 0 Å². The minimum atomic E-state index is 0.535. The summed E-state index contributed by atoms with van der Waals surface area (Å²) >= 11 is 0. The van der Waals surface area contributed by atoms with Crippen molar-refractivity contribution >= 4 is 11.0 Å². The Labute approximate surface area is 101 Å². The van der Waals surface area contributed by atoms with E-state index < -0.39 is 0 Å². The topological polar surface area (TPSA) is 34.0 Å². The molecule has 0 unspecified atom stereocenters. The lowest BCUT2D eigenvalue weighted by Gasteiger charge is -2.29. The van der Waals surface area contributed by atoms with Crippen LogP contribution in [0, 0.1) is 6.92 Å². The normalized spacial score (nSPS) is 18.9. The van der Waals surface area contributed by atoms with E-state index in [4.69, 9.17) is 0 Å². The fourth-order valence-corrected chi connectivity index (χ4v) is 2.57. The fourth-order valence-electron chi connectivity index (χ4n) is 2.57. The molecule has 1 aliphatic heterocycles. The number of aryl methyl sites for hydroxylation is 1. The first-order chi connectivity index (χ1) is 8.24. The Morgan fingerprint density at radius 3 is 2.76 bits per heavy atom. The minimum absolute atomic E-state index is 0.535. The molecule has 17 heavy (non-hydrogen) atoms. The van der Waals surface area contributed by atoms with Gasteiger partial charge in [-0.05, 0) is 52.0 Å². The minimum Gasteiger partial charge on any atom is -0.306 e. The Balaban J connectivity index is 1.95. The zero-order valence-corrected chi connectivity index (χ0v) is 10.4. The highest BCUT2D eigenvalue weighted by molar-refractivity contribution is 5.74. The third kappa shape index (κ3) is 1.93. The third-order valence-corrected chi connectivity index (χ3v) is 3.63. The molecule has 4 nitrogen and oxygen atoms in total. The van der Waals surface area contributed by atoms with Crippen LogP contribution in [-0.4, -0.2) is 39.8 Å². The number of likely N-dealkylation sites (tertiary alicyclic amines) is 1. The highest BCUT2D eigenvalue weighted by Crippen LogP contribution is 2.25. The number of fused-ring (bicyclic) bond motifs is 1. The lowest BCUT2D eigenvalue weighted by molar-refractivity contribution is 0.215. The van der Waals surface area contributed by atoms with Crippen LogP contribution in [0.25, 0.3) is 11.0 Å². The third-order valence-electron chi connectivity index (χ3n) is 3.63. The molecule has 0 aliphatic carbocycles. The van der Waals surface area contributed by atoms with E-state index in [1.54, 1.807) is 0 Å². The summed E-state index contributed by atoms with van der Waals surface area (Å²) in [7, 11) is 2.18. The van der Waals surface area contributed by atoms with Gasteiger partial charge in [-0.3, -0.25) is 4.68 Å². The monoisotopic (exact) mass is 230 g/mol. The zero-order chi connectivity index (χ0) is 11.8. The van der Waals surface area contributed by atoms with Crippen molar-refractivity contribution in [3.63, 3.8) is 0 Å². The molecule has 90 valence electrons. The number of piperidine rings is 1. The first-order valence-corrected chi connectivity index (χ1v) is 6.23. The molecule has 0 aromatic carbocycles. The van der Waals surface area contributed by atoms with Crippen molar-refractivity contribution in [1.82, 2.24) is 19.7 Å². The molecule has 3 rings (SSSR count). The Hall–Kier alpha value is -1.42. The average molecular weight is 230 g/mol. The quantitative estimate of drug-likeness (QED) is 0.751. The van der Waals surface area contributed by atoms with Gasteiger partial charge in [-0.2, -0.15) is 5.10 Å². The van der Waals surface area contributed by atoms with Gasteiger partial charge in [-0.15, -0.1) is 0 Å². The molecule has 1 fully saturated rings. The molecule has 0 radical (unpaired) electrons. The molecule has 0 N–H and O–H groups in total. The molecular formula is C13H18N4. The smallest absolute Gasteiger partial charge is 0.109 e. The van der Waals surface area contributed by atoms with Crippen LogP contribution in [0.3, 0.4) is 0 Å². The fraction of sp³-hybridized carbons (Fsp3) is 0.538. The Morgan fingerprint density at radius 2 is 2.00 bits per heavy atom. The average Bonchev–Trinajstić information content (AvgIpc) is 2.73. The number of pyridine rings is 1. The van der Waals surface area contributed by atoms with Crippen molar-refractivity contribution in [2.24, 2.45) is 0 Å². The van der Waals surface area contributed by atoms with Crippen LogP contribution in [0.1, 0.15) is 24.6 Å². The molecule has 0 saturated carbocycles. The van der Waals surface area contributed by atoms with Gasteiger partial charge in [0.05, 0.1) is 17.8 Å². The van der Waals surface area contributed by atoms with Gasteiger partial charge in [-0.1, -0.05) is 0 Å². The van der Waals surface area contributed by atoms with Crippen LogP contribution < -0.4 is 0 Å². The van der Waals surface area contributed by atoms with Gasteiger partial charge >= 0.3 is 0 Å². The van der Waals surface area contributed by atoms with Crippen molar-refractivity contribution in [3.05, 3.63) is 24.0 Å². The summed E-state index contributed by atoms with van der Waals surface area (Å²) in [6.07, 6.45) is 4.25. The maximum absolute atomic E-state index is 4.52. The van der Waals surface area contributed by atoms with E-state index in [1.807, 2.05) is 13.1 Å². The van der Waals surface area contributed by atoms with E-state index in [-0.39, 0.29) is 0 Å². The number of aromatic nitrogens is 3. The molecule has 4 heteroatoms. The summed E-state index contributed by atoms with van der Waals surface area (Å²) in [5, 5.41) is 4.52. The molecule has 0 amide bonds. The summed E-state index contributed by atoms with van der Waals surface area (Å²) in [6.45, 7) is 4.34. The number of hydrogen-bond donors (Lipinski definition) is 0. The van der Waals surface area contributed by atoms with Crippen molar-refractivity contribution in [3.8, 4) is 0 Å². The lowest BCUT2D eigenvalue weighted by Crippen LogP contribution is -2.31. The maximum Gasteiger partial charge on any atom is 0.109 e. The van der Waals surface area contributed by atoms with Crippen LogP contribution >= 0.6 is 0 Å². The standard InChI is InChI=1S/C13H18N4/c1-10-3-4-13-12(15-10)9-14-17(13)11-5-7-16(2)8-6-11/h3-4,9,11H,5-8H2,1-2H3. The first-order valence-electron chi connectivity index (χ1n) is 6.23. The number of rotatable bonds is 1. The zero-order valence-electron chi connectivity index (χ0n) is 10.4. The predicted octanol–water partition coefficient (Wildman–Crippen LogP) is 2.01. The summed E-state index contributed by atoms with van der Waals surface area (Å²) in [6, 6.07) is 4.74. The summed E-state index contributed by atoms with van der Waals surface area (Å²) in [5.41, 5.74) is 3.24. The maximum atomic E-state index is 4.52. The molecule has 0 spiro atoms. The van der Waals surface area contributed by atoms with Gasteiger partial charge in [0.15, 0.2) is 0 Å². The van der Waals surface area contributed by atoms with Crippen molar-refractivity contribution < 1.29 is 0 Å². The number of hydrogen-bond acceptors (Lipinski definition) is 3. The van der Waals surface area contributed by atoms with Crippen LogP contribution in [0.5, 0.6) is 0 Å². The van der Waals surface area contributed by atoms with Crippen LogP contribution in [0.4, 0.5) is 0 Å². The second-order valence-electron chi connectivity index (χ2n) is 4.98. The van der Waals surface area contributed by atoms with E-state index in [2.05, 4.69) is 38.8 Å². The van der Waals surface area contributed by atoms with Crippen LogP contribution in [-0.2, 0) is 0 Å². The van der Waals surface area contributed by atoms with Crippen LogP contribution in [0.15, 0.2) is 18.3 Å². The summed E-state index contributed by atoms with van der Waals surface area (Å²) in [5.74, 6) is 0. The molecule has 0 atom stereocenters. The van der Waals surface area contributed by atoms with Gasteiger partial charge in [0.1, 0.15) is 5.52 Å². The Morgan fingerprint density at radius 1 is 1.24 bits per heavy atom. The molecule has 1 saturated heterocycles. The molecule has 2 aromatic heterocycles. The van der Waals surface area contributed by atoms with Gasteiger partial charge in [0.25, 0.3) is 0 Å². The molecule has 1 aliphatic rings. The second-order valence-corrected chi connectivity index (χ2v) is 4.98. The highest BCUT2D eigenvalue weighted by Gasteiger charge is 2.20. The largest absolute Gasteiger partial charge is 0.306 e. The molecule has 2 aromatic rings. The molecule has 3 heterocycles. The second kappa shape index (κ2) is 4.11. The lowest BCUT2D eigenvalue weighted by atomic mass is 10.1. The SMILES string of the molecule is Cc1ccc2c(cnn2C2CCN(C)CC2)n1. The molecule has 0 bridgehead atoms. The number of nitrogens with zero attached hydrogens (tertiary/aromatic N) is 4. The van der Waals surface area contributed by atoms with Crippen molar-refractivity contribution in [1.29, 1.82) is 0 Å². The van der Waals surface area contributed by atoms with Gasteiger partial charge < -0.3 is 4.90 Å². The first kappa shape index (κ1) is 10.7. The van der Waals surface area contributed by atoms with E-state index in [9.17, 15) is 0 Å². The summed E-state index contributed by atoms with van der Waals surface area (Å²) in [4.78, 5) is 6.89. The van der Waals surface area contributed by atoms with Gasteiger partial charge in [0, 0.05) is 5.69 Å². The van der Waals surface area contributed by atoms with E-state index in [1.165, 1.54) is 18.4 Å². The highest BCUT2D eigenvalue weighted by atomic mass is 15.3. The summed E-state index contributed by atoms with van der Waals surface area (Å²) < 4.78 is 2.16. The Bertz CT molecular complexity index is 523. The van der Waals surface area contributed by atoms with E-state index in [0.29, 0.717) is 6.04 Å². The van der Waals surface area contributed by atoms with Gasteiger partial charge in [0.2, 0.25) is 0 Å².